The highest BCUT2D eigenvalue weighted by Crippen LogP contribution is 2.37. The Hall–Kier alpha value is -2.64. The van der Waals surface area contributed by atoms with E-state index in [0.717, 1.165) is 37.4 Å². The molecule has 0 bridgehead atoms. The van der Waals surface area contributed by atoms with Crippen LogP contribution in [-0.2, 0) is 24.5 Å². The van der Waals surface area contributed by atoms with Crippen LogP contribution in [0.2, 0.25) is 0 Å². The summed E-state index contributed by atoms with van der Waals surface area (Å²) in [6.07, 6.45) is 9.07. The highest BCUT2D eigenvalue weighted by Gasteiger charge is 2.42. The molecule has 34 heavy (non-hydrogen) atoms. The summed E-state index contributed by atoms with van der Waals surface area (Å²) in [5.74, 6) is 0.408. The van der Waals surface area contributed by atoms with Gasteiger partial charge in [0.2, 0.25) is 5.91 Å². The normalized spacial score (nSPS) is 23.6. The molecule has 3 aliphatic rings. The number of carboxylic acid groups (broad SMARTS) is 1. The van der Waals surface area contributed by atoms with Gasteiger partial charge in [0.05, 0.1) is 17.6 Å². The highest BCUT2D eigenvalue weighted by atomic mass is 16.5. The molecule has 1 aliphatic carbocycles. The smallest absolute Gasteiger partial charge is 0.335 e. The van der Waals surface area contributed by atoms with E-state index in [2.05, 4.69) is 5.32 Å². The standard InChI is InChI=1S/C27H35NO6/c1-19(21-5-7-22(8-6-21)25(29)30)28-26(31)27(11-15-33-16-12-27)23-3-2-4-24(17-23)34-18-20-9-13-32-14-10-20/h2-5,7-8,17,19-21H,6,9-16,18H2,1H3,(H,28,31)(H,29,30)/t19-,21?/m0/s1. The first-order chi connectivity index (χ1) is 16.5. The van der Waals surface area contributed by atoms with Crippen LogP contribution in [-0.4, -0.2) is 56.1 Å². The van der Waals surface area contributed by atoms with E-state index in [1.807, 2.05) is 37.3 Å². The fraction of sp³-hybridized carbons (Fsp3) is 0.556. The molecule has 0 aromatic heterocycles. The summed E-state index contributed by atoms with van der Waals surface area (Å²) in [7, 11) is 0. The molecule has 2 saturated heterocycles. The molecule has 2 fully saturated rings. The van der Waals surface area contributed by atoms with Crippen molar-refractivity contribution in [3.05, 3.63) is 53.6 Å². The Morgan fingerprint density at radius 3 is 2.59 bits per heavy atom. The number of carbonyl (C=O) groups excluding carboxylic acids is 1. The van der Waals surface area contributed by atoms with Crippen molar-refractivity contribution in [2.75, 3.05) is 33.0 Å². The van der Waals surface area contributed by atoms with Crippen LogP contribution < -0.4 is 10.1 Å². The van der Waals surface area contributed by atoms with Gasteiger partial charge in [-0.2, -0.15) is 0 Å². The predicted octanol–water partition coefficient (Wildman–Crippen LogP) is 3.63. The van der Waals surface area contributed by atoms with Crippen LogP contribution >= 0.6 is 0 Å². The molecule has 0 radical (unpaired) electrons. The van der Waals surface area contributed by atoms with Crippen molar-refractivity contribution in [1.29, 1.82) is 0 Å². The second-order valence-electron chi connectivity index (χ2n) is 9.57. The number of ether oxygens (including phenoxy) is 3. The SMILES string of the molecule is C[C@H](NC(=O)C1(c2cccc(OCC3CCOCC3)c2)CCOCC1)C1C=CC(C(=O)O)=CC1. The number of carbonyl (C=O) groups is 2. The number of benzene rings is 1. The summed E-state index contributed by atoms with van der Waals surface area (Å²) < 4.78 is 17.2. The molecule has 2 atom stereocenters. The zero-order valence-corrected chi connectivity index (χ0v) is 19.8. The summed E-state index contributed by atoms with van der Waals surface area (Å²) in [6.45, 7) is 5.28. The monoisotopic (exact) mass is 469 g/mol. The molecule has 4 rings (SSSR count). The lowest BCUT2D eigenvalue weighted by Gasteiger charge is -2.38. The zero-order valence-electron chi connectivity index (χ0n) is 19.8. The van der Waals surface area contributed by atoms with Crippen molar-refractivity contribution < 1.29 is 28.9 Å². The minimum atomic E-state index is -0.925. The topological polar surface area (TPSA) is 94.1 Å². The van der Waals surface area contributed by atoms with E-state index in [1.165, 1.54) is 0 Å². The van der Waals surface area contributed by atoms with E-state index in [-0.39, 0.29) is 17.9 Å². The average molecular weight is 470 g/mol. The Balaban J connectivity index is 1.45. The summed E-state index contributed by atoms with van der Waals surface area (Å²) in [4.78, 5) is 24.9. The number of allylic oxidation sites excluding steroid dienone is 1. The quantitative estimate of drug-likeness (QED) is 0.604. The fourth-order valence-electron chi connectivity index (χ4n) is 5.00. The van der Waals surface area contributed by atoms with Gasteiger partial charge >= 0.3 is 5.97 Å². The van der Waals surface area contributed by atoms with Crippen molar-refractivity contribution in [3.63, 3.8) is 0 Å². The molecule has 1 aromatic carbocycles. The number of carboxylic acids is 1. The predicted molar refractivity (Wildman–Crippen MR) is 128 cm³/mol. The van der Waals surface area contributed by atoms with Crippen LogP contribution in [0.5, 0.6) is 5.75 Å². The number of nitrogens with one attached hydrogen (secondary N) is 1. The number of amides is 1. The second kappa shape index (κ2) is 11.2. The zero-order chi connectivity index (χ0) is 24.0. The van der Waals surface area contributed by atoms with Crippen molar-refractivity contribution in [2.24, 2.45) is 11.8 Å². The van der Waals surface area contributed by atoms with Crippen molar-refractivity contribution in [3.8, 4) is 5.75 Å². The van der Waals surface area contributed by atoms with Crippen LogP contribution in [0.25, 0.3) is 0 Å². The molecule has 2 N–H and O–H groups in total. The first kappa shape index (κ1) is 24.5. The lowest BCUT2D eigenvalue weighted by molar-refractivity contribution is -0.133. The molecule has 0 spiro atoms. The largest absolute Gasteiger partial charge is 0.493 e. The second-order valence-corrected chi connectivity index (χ2v) is 9.57. The van der Waals surface area contributed by atoms with Gasteiger partial charge in [0.1, 0.15) is 5.75 Å². The van der Waals surface area contributed by atoms with Crippen molar-refractivity contribution >= 4 is 11.9 Å². The molecule has 2 aliphatic heterocycles. The summed E-state index contributed by atoms with van der Waals surface area (Å²) in [6, 6.07) is 7.82. The molecule has 1 amide bonds. The number of hydrogen-bond donors (Lipinski definition) is 2. The van der Waals surface area contributed by atoms with E-state index in [1.54, 1.807) is 12.2 Å². The number of hydrogen-bond acceptors (Lipinski definition) is 5. The molecule has 0 saturated carbocycles. The minimum Gasteiger partial charge on any atom is -0.493 e. The molecule has 1 aromatic rings. The van der Waals surface area contributed by atoms with Crippen molar-refractivity contribution in [1.82, 2.24) is 5.32 Å². The fourth-order valence-corrected chi connectivity index (χ4v) is 5.00. The Kier molecular flexibility index (Phi) is 8.06. The van der Waals surface area contributed by atoms with E-state index < -0.39 is 11.4 Å². The maximum atomic E-state index is 13.7. The van der Waals surface area contributed by atoms with Crippen LogP contribution in [0.15, 0.2) is 48.1 Å². The summed E-state index contributed by atoms with van der Waals surface area (Å²) in [5, 5.41) is 12.4. The van der Waals surface area contributed by atoms with Gasteiger partial charge in [-0.3, -0.25) is 4.79 Å². The third kappa shape index (κ3) is 5.70. The first-order valence-electron chi connectivity index (χ1n) is 12.3. The van der Waals surface area contributed by atoms with Crippen molar-refractivity contribution in [2.45, 2.75) is 50.5 Å². The van der Waals surface area contributed by atoms with Crippen LogP contribution in [0.3, 0.4) is 0 Å². The third-order valence-corrected chi connectivity index (χ3v) is 7.38. The minimum absolute atomic E-state index is 0.00806. The summed E-state index contributed by atoms with van der Waals surface area (Å²) >= 11 is 0. The molecular weight excluding hydrogens is 434 g/mol. The van der Waals surface area contributed by atoms with E-state index >= 15 is 0 Å². The van der Waals surface area contributed by atoms with Gasteiger partial charge in [0, 0.05) is 38.4 Å². The first-order valence-corrected chi connectivity index (χ1v) is 12.3. The maximum absolute atomic E-state index is 13.7. The summed E-state index contributed by atoms with van der Waals surface area (Å²) in [5.41, 5.74) is 0.579. The van der Waals surface area contributed by atoms with Crippen LogP contribution in [0.1, 0.15) is 44.6 Å². The Morgan fingerprint density at radius 2 is 1.91 bits per heavy atom. The van der Waals surface area contributed by atoms with Gasteiger partial charge in [0.25, 0.3) is 0 Å². The van der Waals surface area contributed by atoms with Gasteiger partial charge in [-0.15, -0.1) is 0 Å². The molecule has 2 heterocycles. The average Bonchev–Trinajstić information content (AvgIpc) is 2.88. The molecule has 1 unspecified atom stereocenters. The Bertz CT molecular complexity index is 927. The molecular formula is C27H35NO6. The van der Waals surface area contributed by atoms with E-state index in [0.29, 0.717) is 50.6 Å². The lowest BCUT2D eigenvalue weighted by atomic mass is 9.73. The number of aliphatic carboxylic acids is 1. The lowest BCUT2D eigenvalue weighted by Crippen LogP contribution is -2.51. The molecule has 7 nitrogen and oxygen atoms in total. The van der Waals surface area contributed by atoms with Gasteiger partial charge in [0.15, 0.2) is 0 Å². The van der Waals surface area contributed by atoms with E-state index in [9.17, 15) is 9.59 Å². The van der Waals surface area contributed by atoms with Gasteiger partial charge < -0.3 is 24.6 Å². The molecule has 184 valence electrons. The Morgan fingerprint density at radius 1 is 1.18 bits per heavy atom. The highest BCUT2D eigenvalue weighted by molar-refractivity contribution is 5.90. The Labute approximate surface area is 201 Å². The van der Waals surface area contributed by atoms with Crippen LogP contribution in [0, 0.1) is 11.8 Å². The van der Waals surface area contributed by atoms with Gasteiger partial charge in [-0.1, -0.05) is 30.4 Å². The van der Waals surface area contributed by atoms with Gasteiger partial charge in [-0.05, 0) is 62.6 Å². The van der Waals surface area contributed by atoms with E-state index in [4.69, 9.17) is 19.3 Å². The maximum Gasteiger partial charge on any atom is 0.335 e. The van der Waals surface area contributed by atoms with Gasteiger partial charge in [-0.25, -0.2) is 4.79 Å². The third-order valence-electron chi connectivity index (χ3n) is 7.38. The van der Waals surface area contributed by atoms with Crippen LogP contribution in [0.4, 0.5) is 0 Å². The molecule has 7 heteroatoms. The number of rotatable bonds is 8.